The number of hydrogen-bond donors (Lipinski definition) is 1. The van der Waals surface area contributed by atoms with Gasteiger partial charge in [0.15, 0.2) is 0 Å². The number of rotatable bonds is 3. The lowest BCUT2D eigenvalue weighted by atomic mass is 9.91. The molecule has 1 N–H and O–H groups in total. The number of hydrogen-bond acceptors (Lipinski definition) is 3. The first-order valence-corrected chi connectivity index (χ1v) is 7.64. The zero-order chi connectivity index (χ0) is 17.3. The third kappa shape index (κ3) is 2.63. The largest absolute Gasteiger partial charge is 0.325 e. The maximum absolute atomic E-state index is 12.8. The van der Waals surface area contributed by atoms with E-state index in [1.165, 1.54) is 4.90 Å². The second-order valence-corrected chi connectivity index (χ2v) is 6.12. The molecular formula is C19H17N3O2. The number of urea groups is 1. The molecule has 1 saturated heterocycles. The number of amides is 3. The molecule has 3 amide bonds. The minimum absolute atomic E-state index is 0.233. The highest BCUT2D eigenvalue weighted by Gasteiger charge is 2.48. The lowest BCUT2D eigenvalue weighted by Gasteiger charge is -2.22. The maximum Gasteiger partial charge on any atom is 0.325 e. The Balaban J connectivity index is 1.87. The first-order chi connectivity index (χ1) is 11.4. The molecule has 1 aliphatic heterocycles. The minimum atomic E-state index is -1.12. The monoisotopic (exact) mass is 319 g/mol. The molecule has 0 spiro atoms. The summed E-state index contributed by atoms with van der Waals surface area (Å²) in [7, 11) is 0. The highest BCUT2D eigenvalue weighted by atomic mass is 16.2. The molecule has 0 aromatic heterocycles. The lowest BCUT2D eigenvalue weighted by Crippen LogP contribution is -2.40. The van der Waals surface area contributed by atoms with Crippen molar-refractivity contribution in [1.82, 2.24) is 10.2 Å². The van der Waals surface area contributed by atoms with Crippen LogP contribution in [0.25, 0.3) is 0 Å². The van der Waals surface area contributed by atoms with E-state index in [-0.39, 0.29) is 12.5 Å². The van der Waals surface area contributed by atoms with Crippen LogP contribution in [-0.2, 0) is 16.9 Å². The fraction of sp³-hybridized carbons (Fsp3) is 0.211. The summed E-state index contributed by atoms with van der Waals surface area (Å²) in [5.41, 5.74) is 2.07. The molecule has 0 aliphatic carbocycles. The normalized spacial score (nSPS) is 20.0. The van der Waals surface area contributed by atoms with E-state index in [4.69, 9.17) is 5.26 Å². The fourth-order valence-electron chi connectivity index (χ4n) is 2.79. The molecule has 5 nitrogen and oxygen atoms in total. The van der Waals surface area contributed by atoms with Crippen molar-refractivity contribution in [3.8, 4) is 6.07 Å². The predicted octanol–water partition coefficient (Wildman–Crippen LogP) is 2.83. The van der Waals surface area contributed by atoms with Gasteiger partial charge in [0.2, 0.25) is 0 Å². The van der Waals surface area contributed by atoms with Gasteiger partial charge >= 0.3 is 6.03 Å². The van der Waals surface area contributed by atoms with E-state index in [0.717, 1.165) is 11.1 Å². The van der Waals surface area contributed by atoms with Crippen LogP contribution in [0.3, 0.4) is 0 Å². The number of benzene rings is 2. The number of nitriles is 1. The highest BCUT2D eigenvalue weighted by Crippen LogP contribution is 2.30. The van der Waals surface area contributed by atoms with Gasteiger partial charge in [0.1, 0.15) is 5.54 Å². The SMILES string of the molecule is Cc1ccc(CN2C(=O)NC(C)(c3ccc(C#N)cc3)C2=O)cc1. The molecule has 24 heavy (non-hydrogen) atoms. The van der Waals surface area contributed by atoms with Crippen molar-refractivity contribution < 1.29 is 9.59 Å². The molecule has 0 saturated carbocycles. The Morgan fingerprint density at radius 3 is 2.29 bits per heavy atom. The Bertz CT molecular complexity index is 834. The predicted molar refractivity (Wildman–Crippen MR) is 88.8 cm³/mol. The number of nitrogens with one attached hydrogen (secondary N) is 1. The van der Waals surface area contributed by atoms with Crippen molar-refractivity contribution in [1.29, 1.82) is 5.26 Å². The van der Waals surface area contributed by atoms with Crippen LogP contribution in [0.5, 0.6) is 0 Å². The molecule has 3 rings (SSSR count). The maximum atomic E-state index is 12.8. The van der Waals surface area contributed by atoms with Gasteiger partial charge in [0, 0.05) is 0 Å². The molecule has 120 valence electrons. The van der Waals surface area contributed by atoms with Crippen LogP contribution in [0.4, 0.5) is 4.79 Å². The standard InChI is InChI=1S/C19H17N3O2/c1-13-3-5-15(6-4-13)12-22-17(23)19(2,21-18(22)24)16-9-7-14(11-20)8-10-16/h3-10H,12H2,1-2H3,(H,21,24). The molecule has 1 fully saturated rings. The number of carbonyl (C=O) groups excluding carboxylic acids is 2. The van der Waals surface area contributed by atoms with Crippen molar-refractivity contribution in [2.45, 2.75) is 25.9 Å². The van der Waals surface area contributed by atoms with E-state index in [9.17, 15) is 9.59 Å². The molecule has 0 radical (unpaired) electrons. The second kappa shape index (κ2) is 5.82. The van der Waals surface area contributed by atoms with Gasteiger partial charge in [0.25, 0.3) is 5.91 Å². The minimum Gasteiger partial charge on any atom is -0.319 e. The summed E-state index contributed by atoms with van der Waals surface area (Å²) in [6.07, 6.45) is 0. The fourth-order valence-corrected chi connectivity index (χ4v) is 2.79. The Kier molecular flexibility index (Phi) is 3.82. The van der Waals surface area contributed by atoms with Crippen LogP contribution in [0.15, 0.2) is 48.5 Å². The van der Waals surface area contributed by atoms with Crippen LogP contribution in [-0.4, -0.2) is 16.8 Å². The van der Waals surface area contributed by atoms with E-state index < -0.39 is 11.6 Å². The van der Waals surface area contributed by atoms with Crippen molar-refractivity contribution in [2.24, 2.45) is 0 Å². The van der Waals surface area contributed by atoms with Gasteiger partial charge < -0.3 is 5.32 Å². The van der Waals surface area contributed by atoms with E-state index in [0.29, 0.717) is 11.1 Å². The highest BCUT2D eigenvalue weighted by molar-refractivity contribution is 6.07. The third-order valence-electron chi connectivity index (χ3n) is 4.33. The second-order valence-electron chi connectivity index (χ2n) is 6.12. The Hall–Kier alpha value is -3.13. The van der Waals surface area contributed by atoms with Crippen LogP contribution in [0, 0.1) is 18.3 Å². The van der Waals surface area contributed by atoms with Crippen molar-refractivity contribution in [3.05, 3.63) is 70.8 Å². The van der Waals surface area contributed by atoms with Gasteiger partial charge in [-0.2, -0.15) is 5.26 Å². The summed E-state index contributed by atoms with van der Waals surface area (Å²) >= 11 is 0. The number of nitrogens with zero attached hydrogens (tertiary/aromatic N) is 2. The molecule has 1 heterocycles. The lowest BCUT2D eigenvalue weighted by molar-refractivity contribution is -0.131. The van der Waals surface area contributed by atoms with Gasteiger partial charge in [-0.15, -0.1) is 0 Å². The van der Waals surface area contributed by atoms with Gasteiger partial charge in [-0.25, -0.2) is 4.79 Å². The quantitative estimate of drug-likeness (QED) is 0.884. The zero-order valence-corrected chi connectivity index (χ0v) is 13.5. The number of aryl methyl sites for hydroxylation is 1. The Morgan fingerprint density at radius 2 is 1.71 bits per heavy atom. The van der Waals surface area contributed by atoms with Crippen molar-refractivity contribution >= 4 is 11.9 Å². The third-order valence-corrected chi connectivity index (χ3v) is 4.33. The van der Waals surface area contributed by atoms with Gasteiger partial charge in [0.05, 0.1) is 18.2 Å². The Morgan fingerprint density at radius 1 is 1.08 bits per heavy atom. The number of carbonyl (C=O) groups is 2. The van der Waals surface area contributed by atoms with Gasteiger partial charge in [-0.1, -0.05) is 42.0 Å². The molecule has 2 aromatic rings. The first kappa shape index (κ1) is 15.8. The van der Waals surface area contributed by atoms with Gasteiger partial charge in [-0.3, -0.25) is 9.69 Å². The summed E-state index contributed by atoms with van der Waals surface area (Å²) in [5, 5.41) is 11.7. The summed E-state index contributed by atoms with van der Waals surface area (Å²) in [4.78, 5) is 26.4. The van der Waals surface area contributed by atoms with E-state index in [1.807, 2.05) is 37.3 Å². The van der Waals surface area contributed by atoms with Crippen LogP contribution in [0.2, 0.25) is 0 Å². The van der Waals surface area contributed by atoms with Crippen molar-refractivity contribution in [2.75, 3.05) is 0 Å². The molecule has 2 aromatic carbocycles. The first-order valence-electron chi connectivity index (χ1n) is 7.64. The number of imide groups is 1. The molecular weight excluding hydrogens is 302 g/mol. The van der Waals surface area contributed by atoms with E-state index in [2.05, 4.69) is 5.32 Å². The van der Waals surface area contributed by atoms with Crippen molar-refractivity contribution in [3.63, 3.8) is 0 Å². The van der Waals surface area contributed by atoms with Crippen LogP contribution >= 0.6 is 0 Å². The molecule has 1 aliphatic rings. The molecule has 0 bridgehead atoms. The van der Waals surface area contributed by atoms with Gasteiger partial charge in [-0.05, 0) is 37.1 Å². The van der Waals surface area contributed by atoms with E-state index >= 15 is 0 Å². The van der Waals surface area contributed by atoms with Crippen LogP contribution < -0.4 is 5.32 Å². The summed E-state index contributed by atoms with van der Waals surface area (Å²) in [6, 6.07) is 16.0. The Labute approximate surface area is 140 Å². The average Bonchev–Trinajstić information content (AvgIpc) is 2.81. The summed E-state index contributed by atoms with van der Waals surface area (Å²) < 4.78 is 0. The zero-order valence-electron chi connectivity index (χ0n) is 13.5. The summed E-state index contributed by atoms with van der Waals surface area (Å²) in [5.74, 6) is -0.294. The van der Waals surface area contributed by atoms with Crippen LogP contribution in [0.1, 0.15) is 29.2 Å². The molecule has 1 unspecified atom stereocenters. The average molecular weight is 319 g/mol. The molecule has 1 atom stereocenters. The smallest absolute Gasteiger partial charge is 0.319 e. The molecule has 5 heteroatoms. The topological polar surface area (TPSA) is 73.2 Å². The van der Waals surface area contributed by atoms with E-state index in [1.54, 1.807) is 31.2 Å². The summed E-state index contributed by atoms with van der Waals surface area (Å²) in [6.45, 7) is 3.90.